The number of halogens is 3. The van der Waals surface area contributed by atoms with Crippen molar-refractivity contribution in [3.05, 3.63) is 59.8 Å². The summed E-state index contributed by atoms with van der Waals surface area (Å²) in [5.74, 6) is -0.763. The summed E-state index contributed by atoms with van der Waals surface area (Å²) in [6.07, 6.45) is -4.19. The lowest BCUT2D eigenvalue weighted by molar-refractivity contribution is -0.137. The molecule has 1 amide bonds. The van der Waals surface area contributed by atoms with E-state index in [0.717, 1.165) is 11.6 Å². The van der Waals surface area contributed by atoms with Gasteiger partial charge < -0.3 is 10.6 Å². The van der Waals surface area contributed by atoms with Gasteiger partial charge in [0.1, 0.15) is 0 Å². The lowest BCUT2D eigenvalue weighted by Crippen LogP contribution is -2.49. The predicted molar refractivity (Wildman–Crippen MR) is 102 cm³/mol. The summed E-state index contributed by atoms with van der Waals surface area (Å²) in [5.41, 5.74) is -0.00156. The average molecular weight is 429 g/mol. The fourth-order valence-corrected chi connectivity index (χ4v) is 3.67. The van der Waals surface area contributed by atoms with Crippen LogP contribution < -0.4 is 10.6 Å². The van der Waals surface area contributed by atoms with E-state index in [-0.39, 0.29) is 6.54 Å². The third kappa shape index (κ3) is 5.54. The lowest BCUT2D eigenvalue weighted by Gasteiger charge is -2.23. The van der Waals surface area contributed by atoms with Gasteiger partial charge in [0.25, 0.3) is 0 Å². The number of pyridine rings is 1. The van der Waals surface area contributed by atoms with Gasteiger partial charge in [-0.1, -0.05) is 30.3 Å². The van der Waals surface area contributed by atoms with Crippen LogP contribution in [-0.2, 0) is 27.4 Å². The third-order valence-electron chi connectivity index (χ3n) is 4.32. The molecule has 0 aliphatic carbocycles. The summed E-state index contributed by atoms with van der Waals surface area (Å²) in [4.78, 5) is 15.8. The minimum atomic E-state index is -4.63. The van der Waals surface area contributed by atoms with Crippen LogP contribution in [0.1, 0.15) is 25.0 Å². The molecule has 10 heteroatoms. The Balaban J connectivity index is 1.95. The van der Waals surface area contributed by atoms with Gasteiger partial charge in [-0.05, 0) is 31.5 Å². The molecule has 29 heavy (non-hydrogen) atoms. The molecule has 1 aromatic heterocycles. The molecular formula is C19H22F3N3O3S. The van der Waals surface area contributed by atoms with Crippen molar-refractivity contribution < 1.29 is 26.4 Å². The Bertz CT molecular complexity index is 929. The molecule has 0 saturated carbocycles. The van der Waals surface area contributed by atoms with Gasteiger partial charge in [-0.25, -0.2) is 13.4 Å². The van der Waals surface area contributed by atoms with Crippen LogP contribution in [0.25, 0.3) is 0 Å². The second-order valence-electron chi connectivity index (χ2n) is 6.81. The van der Waals surface area contributed by atoms with Crippen molar-refractivity contribution in [3.63, 3.8) is 0 Å². The maximum absolute atomic E-state index is 12.7. The Morgan fingerprint density at radius 3 is 2.24 bits per heavy atom. The molecule has 158 valence electrons. The van der Waals surface area contributed by atoms with Crippen LogP contribution in [0.4, 0.5) is 13.2 Å². The standard InChI is InChI=1S/C19H22F3N3O3S/c1-18(2,17(26)24-11-10-23-12-14-6-4-3-5-7-14)29(27,28)16-9-8-15(13-25-16)19(20,21)22/h3-9,13,23H,10-12H2,1-2H3,(H,24,26). The molecule has 0 atom stereocenters. The normalized spacial score (nSPS) is 12.6. The first-order valence-electron chi connectivity index (χ1n) is 8.77. The highest BCUT2D eigenvalue weighted by Crippen LogP contribution is 2.30. The largest absolute Gasteiger partial charge is 0.417 e. The molecule has 1 heterocycles. The van der Waals surface area contributed by atoms with Crippen LogP contribution >= 0.6 is 0 Å². The summed E-state index contributed by atoms with van der Waals surface area (Å²) < 4.78 is 61.4. The van der Waals surface area contributed by atoms with E-state index >= 15 is 0 Å². The Kier molecular flexibility index (Phi) is 7.02. The molecule has 0 fully saturated rings. The zero-order valence-corrected chi connectivity index (χ0v) is 16.8. The van der Waals surface area contributed by atoms with E-state index in [0.29, 0.717) is 25.4 Å². The van der Waals surface area contributed by atoms with E-state index in [1.807, 2.05) is 30.3 Å². The molecule has 0 unspecified atom stereocenters. The van der Waals surface area contributed by atoms with Gasteiger partial charge in [-0.3, -0.25) is 4.79 Å². The first kappa shape index (κ1) is 22.8. The number of hydrogen-bond donors (Lipinski definition) is 2. The highest BCUT2D eigenvalue weighted by atomic mass is 32.2. The summed E-state index contributed by atoms with van der Waals surface area (Å²) in [6, 6.07) is 11.0. The van der Waals surface area contributed by atoms with E-state index < -0.39 is 37.3 Å². The van der Waals surface area contributed by atoms with Crippen molar-refractivity contribution in [1.29, 1.82) is 0 Å². The minimum Gasteiger partial charge on any atom is -0.353 e. The number of sulfone groups is 1. The lowest BCUT2D eigenvalue weighted by atomic mass is 10.2. The van der Waals surface area contributed by atoms with E-state index in [1.165, 1.54) is 13.8 Å². The number of hydrogen-bond acceptors (Lipinski definition) is 5. The molecule has 1 aromatic carbocycles. The Labute approximate surface area is 167 Å². The van der Waals surface area contributed by atoms with Crippen LogP contribution in [0, 0.1) is 0 Å². The molecule has 0 bridgehead atoms. The summed E-state index contributed by atoms with van der Waals surface area (Å²) in [6.45, 7) is 3.57. The highest BCUT2D eigenvalue weighted by Gasteiger charge is 2.44. The molecule has 0 radical (unpaired) electrons. The SMILES string of the molecule is CC(C)(C(=O)NCCNCc1ccccc1)S(=O)(=O)c1ccc(C(F)(F)F)cn1. The third-order valence-corrected chi connectivity index (χ3v) is 6.64. The Morgan fingerprint density at radius 2 is 1.69 bits per heavy atom. The maximum atomic E-state index is 12.7. The smallest absolute Gasteiger partial charge is 0.353 e. The number of nitrogens with zero attached hydrogens (tertiary/aromatic N) is 1. The molecule has 6 nitrogen and oxygen atoms in total. The van der Waals surface area contributed by atoms with Crippen molar-refractivity contribution in [2.75, 3.05) is 13.1 Å². The monoisotopic (exact) mass is 429 g/mol. The van der Waals surface area contributed by atoms with Gasteiger partial charge >= 0.3 is 6.18 Å². The maximum Gasteiger partial charge on any atom is 0.417 e. The van der Waals surface area contributed by atoms with Gasteiger partial charge in [-0.2, -0.15) is 13.2 Å². The summed E-state index contributed by atoms with van der Waals surface area (Å²) in [7, 11) is -4.30. The zero-order chi connectivity index (χ0) is 21.7. The highest BCUT2D eigenvalue weighted by molar-refractivity contribution is 7.93. The minimum absolute atomic E-state index is 0.186. The van der Waals surface area contributed by atoms with Crippen LogP contribution in [0.15, 0.2) is 53.7 Å². The molecule has 0 aliphatic heterocycles. The zero-order valence-electron chi connectivity index (χ0n) is 16.0. The number of aromatic nitrogens is 1. The molecule has 0 aliphatic rings. The number of alkyl halides is 3. The van der Waals surface area contributed by atoms with E-state index in [2.05, 4.69) is 15.6 Å². The van der Waals surface area contributed by atoms with Gasteiger partial charge in [0, 0.05) is 25.8 Å². The van der Waals surface area contributed by atoms with Crippen LogP contribution in [-0.4, -0.2) is 37.1 Å². The van der Waals surface area contributed by atoms with Gasteiger partial charge in [-0.15, -0.1) is 0 Å². The second kappa shape index (κ2) is 8.91. The molecular weight excluding hydrogens is 407 g/mol. The number of carbonyl (C=O) groups is 1. The van der Waals surface area contributed by atoms with Crippen LogP contribution in [0.3, 0.4) is 0 Å². The Morgan fingerprint density at radius 1 is 1.03 bits per heavy atom. The molecule has 0 saturated heterocycles. The van der Waals surface area contributed by atoms with E-state index in [4.69, 9.17) is 0 Å². The molecule has 2 N–H and O–H groups in total. The molecule has 0 spiro atoms. The summed E-state index contributed by atoms with van der Waals surface area (Å²) in [5, 5.41) is 5.06. The van der Waals surface area contributed by atoms with Gasteiger partial charge in [0.15, 0.2) is 9.77 Å². The van der Waals surface area contributed by atoms with Crippen molar-refractivity contribution >= 4 is 15.7 Å². The van der Waals surface area contributed by atoms with Crippen molar-refractivity contribution in [1.82, 2.24) is 15.6 Å². The van der Waals surface area contributed by atoms with Crippen molar-refractivity contribution in [2.45, 2.75) is 36.3 Å². The predicted octanol–water partition coefficient (Wildman–Crippen LogP) is 2.56. The number of carbonyl (C=O) groups excluding carboxylic acids is 1. The van der Waals surface area contributed by atoms with Gasteiger partial charge in [0.05, 0.1) is 5.56 Å². The van der Waals surface area contributed by atoms with Crippen LogP contribution in [0.5, 0.6) is 0 Å². The van der Waals surface area contributed by atoms with Crippen molar-refractivity contribution in [3.8, 4) is 0 Å². The second-order valence-corrected chi connectivity index (χ2v) is 9.26. The number of rotatable bonds is 8. The van der Waals surface area contributed by atoms with Gasteiger partial charge in [0.2, 0.25) is 15.7 Å². The van der Waals surface area contributed by atoms with E-state index in [9.17, 15) is 26.4 Å². The quantitative estimate of drug-likeness (QED) is 0.630. The summed E-state index contributed by atoms with van der Waals surface area (Å²) >= 11 is 0. The fourth-order valence-electron chi connectivity index (χ4n) is 2.40. The molecule has 2 rings (SSSR count). The number of nitrogens with one attached hydrogen (secondary N) is 2. The number of benzene rings is 1. The van der Waals surface area contributed by atoms with Crippen molar-refractivity contribution in [2.24, 2.45) is 0 Å². The first-order valence-corrected chi connectivity index (χ1v) is 10.3. The number of amides is 1. The fraction of sp³-hybridized carbons (Fsp3) is 0.368. The van der Waals surface area contributed by atoms with E-state index in [1.54, 1.807) is 0 Å². The molecule has 2 aromatic rings. The first-order chi connectivity index (χ1) is 13.5. The Hall–Kier alpha value is -2.46. The topological polar surface area (TPSA) is 88.2 Å². The average Bonchev–Trinajstić information content (AvgIpc) is 2.67. The van der Waals surface area contributed by atoms with Crippen LogP contribution in [0.2, 0.25) is 0 Å².